The van der Waals surface area contributed by atoms with Crippen LogP contribution in [0.4, 0.5) is 11.4 Å². The van der Waals surface area contributed by atoms with Crippen molar-refractivity contribution in [2.45, 2.75) is 33.3 Å². The number of anilines is 2. The summed E-state index contributed by atoms with van der Waals surface area (Å²) in [5.41, 5.74) is 2.79. The first kappa shape index (κ1) is 17.0. The zero-order valence-corrected chi connectivity index (χ0v) is 15.1. The molecule has 2 aromatic carbocycles. The molecule has 0 fully saturated rings. The smallest absolute Gasteiger partial charge is 0.280 e. The molecule has 5 heteroatoms. The zero-order chi connectivity index (χ0) is 18.4. The molecule has 3 rings (SSSR count). The monoisotopic (exact) mass is 338 g/mol. The van der Waals surface area contributed by atoms with Crippen molar-refractivity contribution in [3.8, 4) is 5.75 Å². The molecule has 1 aliphatic rings. The summed E-state index contributed by atoms with van der Waals surface area (Å²) in [7, 11) is 1.66. The Morgan fingerprint density at radius 3 is 2.32 bits per heavy atom. The fraction of sp³-hybridized carbons (Fsp3) is 0.300. The van der Waals surface area contributed by atoms with Crippen LogP contribution in [-0.4, -0.2) is 24.5 Å². The SMILES string of the molecule is Cc1cc(C)cc(NC(=O)C2(C)Oc3ccc(C)cc3N(C)C2=O)c1. The molecule has 0 saturated carbocycles. The summed E-state index contributed by atoms with van der Waals surface area (Å²) < 4.78 is 5.85. The molecule has 5 nitrogen and oxygen atoms in total. The lowest BCUT2D eigenvalue weighted by atomic mass is 9.99. The Balaban J connectivity index is 1.93. The summed E-state index contributed by atoms with van der Waals surface area (Å²) in [5, 5.41) is 2.82. The average Bonchev–Trinajstić information content (AvgIpc) is 2.52. The minimum atomic E-state index is -1.62. The van der Waals surface area contributed by atoms with Gasteiger partial charge in [-0.05, 0) is 68.7 Å². The molecule has 1 unspecified atom stereocenters. The summed E-state index contributed by atoms with van der Waals surface area (Å²) in [6, 6.07) is 11.3. The van der Waals surface area contributed by atoms with Gasteiger partial charge in [-0.1, -0.05) is 12.1 Å². The van der Waals surface area contributed by atoms with Gasteiger partial charge in [-0.25, -0.2) is 0 Å². The van der Waals surface area contributed by atoms with Crippen molar-refractivity contribution in [2.24, 2.45) is 0 Å². The summed E-state index contributed by atoms with van der Waals surface area (Å²) in [5.74, 6) is -0.362. The van der Waals surface area contributed by atoms with Crippen molar-refractivity contribution >= 4 is 23.2 Å². The molecule has 0 bridgehead atoms. The topological polar surface area (TPSA) is 58.6 Å². The predicted molar refractivity (Wildman–Crippen MR) is 98.2 cm³/mol. The highest BCUT2D eigenvalue weighted by atomic mass is 16.5. The molecule has 0 spiro atoms. The molecule has 1 heterocycles. The normalized spacial score (nSPS) is 19.2. The zero-order valence-electron chi connectivity index (χ0n) is 15.1. The summed E-state index contributed by atoms with van der Waals surface area (Å²) >= 11 is 0. The van der Waals surface area contributed by atoms with Crippen molar-refractivity contribution in [2.75, 3.05) is 17.3 Å². The third-order valence-corrected chi connectivity index (χ3v) is 4.42. The van der Waals surface area contributed by atoms with Crippen LogP contribution in [0, 0.1) is 20.8 Å². The first-order valence-corrected chi connectivity index (χ1v) is 8.18. The molecule has 2 aromatic rings. The van der Waals surface area contributed by atoms with E-state index in [2.05, 4.69) is 5.32 Å². The standard InChI is InChI=1S/C20H22N2O3/c1-12-6-7-17-16(11-12)22(5)19(24)20(4,25-17)18(23)21-15-9-13(2)8-14(3)10-15/h6-11H,1-5H3,(H,21,23). The number of amides is 2. The van der Waals surface area contributed by atoms with Gasteiger partial charge in [0.15, 0.2) is 0 Å². The maximum Gasteiger partial charge on any atom is 0.280 e. The Kier molecular flexibility index (Phi) is 4.03. The second kappa shape index (κ2) is 5.92. The van der Waals surface area contributed by atoms with Crippen molar-refractivity contribution in [3.63, 3.8) is 0 Å². The highest BCUT2D eigenvalue weighted by Crippen LogP contribution is 2.38. The highest BCUT2D eigenvalue weighted by molar-refractivity contribution is 6.19. The average molecular weight is 338 g/mol. The minimum Gasteiger partial charge on any atom is -0.465 e. The van der Waals surface area contributed by atoms with Crippen LogP contribution in [0.1, 0.15) is 23.6 Å². The van der Waals surface area contributed by atoms with Crippen molar-refractivity contribution in [1.82, 2.24) is 0 Å². The van der Waals surface area contributed by atoms with Gasteiger partial charge in [0.05, 0.1) is 5.69 Å². The molecule has 1 N–H and O–H groups in total. The first-order valence-electron chi connectivity index (χ1n) is 8.18. The molecule has 1 aliphatic heterocycles. The highest BCUT2D eigenvalue weighted by Gasteiger charge is 2.49. The van der Waals surface area contributed by atoms with E-state index in [0.29, 0.717) is 17.1 Å². The third kappa shape index (κ3) is 2.97. The van der Waals surface area contributed by atoms with Crippen molar-refractivity contribution < 1.29 is 14.3 Å². The van der Waals surface area contributed by atoms with Gasteiger partial charge in [-0.15, -0.1) is 0 Å². The van der Waals surface area contributed by atoms with Crippen molar-refractivity contribution in [1.29, 1.82) is 0 Å². The van der Waals surface area contributed by atoms with Crippen molar-refractivity contribution in [3.05, 3.63) is 53.1 Å². The van der Waals surface area contributed by atoms with E-state index in [1.165, 1.54) is 11.8 Å². The maximum atomic E-state index is 12.9. The van der Waals surface area contributed by atoms with Gasteiger partial charge >= 0.3 is 0 Å². The lowest BCUT2D eigenvalue weighted by molar-refractivity contribution is -0.144. The Bertz CT molecular complexity index is 855. The van der Waals surface area contributed by atoms with Crippen LogP contribution >= 0.6 is 0 Å². The van der Waals surface area contributed by atoms with Gasteiger partial charge in [0, 0.05) is 12.7 Å². The number of aryl methyl sites for hydroxylation is 3. The van der Waals surface area contributed by atoms with Crippen LogP contribution in [0.5, 0.6) is 5.75 Å². The van der Waals surface area contributed by atoms with E-state index in [1.54, 1.807) is 13.1 Å². The van der Waals surface area contributed by atoms with E-state index in [4.69, 9.17) is 4.74 Å². The van der Waals surface area contributed by atoms with Crippen LogP contribution in [0.15, 0.2) is 36.4 Å². The second-order valence-corrected chi connectivity index (χ2v) is 6.80. The number of ether oxygens (including phenoxy) is 1. The molecule has 25 heavy (non-hydrogen) atoms. The Morgan fingerprint density at radius 1 is 1.04 bits per heavy atom. The molecule has 1 atom stereocenters. The quantitative estimate of drug-likeness (QED) is 0.854. The third-order valence-electron chi connectivity index (χ3n) is 4.42. The van der Waals surface area contributed by atoms with E-state index >= 15 is 0 Å². The molecule has 0 aromatic heterocycles. The number of likely N-dealkylation sites (N-methyl/N-ethyl adjacent to an activating group) is 1. The van der Waals surface area contributed by atoms with Gasteiger partial charge < -0.3 is 15.0 Å². The fourth-order valence-corrected chi connectivity index (χ4v) is 3.11. The molecule has 0 saturated heterocycles. The van der Waals surface area contributed by atoms with E-state index < -0.39 is 17.4 Å². The van der Waals surface area contributed by atoms with E-state index in [1.807, 2.05) is 51.1 Å². The number of carbonyl (C=O) groups excluding carboxylic acids is 2. The number of nitrogens with zero attached hydrogens (tertiary/aromatic N) is 1. The largest absolute Gasteiger partial charge is 0.465 e. The van der Waals surface area contributed by atoms with Gasteiger partial charge in [0.1, 0.15) is 5.75 Å². The van der Waals surface area contributed by atoms with Crippen LogP contribution in [0.25, 0.3) is 0 Å². The molecular weight excluding hydrogens is 316 g/mol. The lowest BCUT2D eigenvalue weighted by Gasteiger charge is -2.38. The first-order chi connectivity index (χ1) is 11.7. The Labute approximate surface area is 147 Å². The van der Waals surface area contributed by atoms with Gasteiger partial charge in [0.25, 0.3) is 17.4 Å². The number of hydrogen-bond donors (Lipinski definition) is 1. The van der Waals surface area contributed by atoms with E-state index in [0.717, 1.165) is 16.7 Å². The van der Waals surface area contributed by atoms with Crippen LogP contribution < -0.4 is 15.0 Å². The maximum absolute atomic E-state index is 12.9. The van der Waals surface area contributed by atoms with Gasteiger partial charge in [-0.2, -0.15) is 0 Å². The minimum absolute atomic E-state index is 0.396. The number of hydrogen-bond acceptors (Lipinski definition) is 3. The number of rotatable bonds is 2. The van der Waals surface area contributed by atoms with E-state index in [9.17, 15) is 9.59 Å². The van der Waals surface area contributed by atoms with Crippen LogP contribution in [0.3, 0.4) is 0 Å². The molecule has 2 amide bonds. The summed E-state index contributed by atoms with van der Waals surface area (Å²) in [6.07, 6.45) is 0. The molecular formula is C20H22N2O3. The number of nitrogens with one attached hydrogen (secondary N) is 1. The number of benzene rings is 2. The Morgan fingerprint density at radius 2 is 1.68 bits per heavy atom. The van der Waals surface area contributed by atoms with Crippen LogP contribution in [-0.2, 0) is 9.59 Å². The predicted octanol–water partition coefficient (Wildman–Crippen LogP) is 3.36. The number of carbonyl (C=O) groups is 2. The lowest BCUT2D eigenvalue weighted by Crippen LogP contribution is -2.59. The molecule has 0 radical (unpaired) electrons. The molecule has 130 valence electrons. The Hall–Kier alpha value is -2.82. The fourth-order valence-electron chi connectivity index (χ4n) is 3.11. The van der Waals surface area contributed by atoms with Crippen LogP contribution in [0.2, 0.25) is 0 Å². The number of fused-ring (bicyclic) bond motifs is 1. The molecule has 0 aliphatic carbocycles. The van der Waals surface area contributed by atoms with Gasteiger partial charge in [0.2, 0.25) is 0 Å². The second-order valence-electron chi connectivity index (χ2n) is 6.80. The van der Waals surface area contributed by atoms with E-state index in [-0.39, 0.29) is 0 Å². The van der Waals surface area contributed by atoms with Gasteiger partial charge in [-0.3, -0.25) is 9.59 Å². The summed E-state index contributed by atoms with van der Waals surface area (Å²) in [6.45, 7) is 7.36. The summed E-state index contributed by atoms with van der Waals surface area (Å²) in [4.78, 5) is 27.2.